The van der Waals surface area contributed by atoms with Gasteiger partial charge in [-0.1, -0.05) is 38.4 Å². The van der Waals surface area contributed by atoms with Gasteiger partial charge in [0.15, 0.2) is 0 Å². The zero-order valence-electron chi connectivity index (χ0n) is 13.8. The summed E-state index contributed by atoms with van der Waals surface area (Å²) in [7, 11) is 0. The van der Waals surface area contributed by atoms with Gasteiger partial charge in [-0.3, -0.25) is 0 Å². The lowest BCUT2D eigenvalue weighted by molar-refractivity contribution is 0.223. The summed E-state index contributed by atoms with van der Waals surface area (Å²) in [4.78, 5) is 2.33. The maximum Gasteiger partial charge on any atom is 0.137 e. The van der Waals surface area contributed by atoms with Crippen LogP contribution < -0.4 is 10.1 Å². The number of rotatable bonds is 10. The van der Waals surface area contributed by atoms with E-state index < -0.39 is 0 Å². The summed E-state index contributed by atoms with van der Waals surface area (Å²) in [6.45, 7) is 13.4. The first-order valence-corrected chi connectivity index (χ1v) is 8.38. The number of nitrogens with one attached hydrogen (secondary N) is 1. The van der Waals surface area contributed by atoms with Crippen molar-refractivity contribution in [2.45, 2.75) is 40.2 Å². The number of benzene rings is 1. The first kappa shape index (κ1) is 18.3. The third-order valence-electron chi connectivity index (χ3n) is 3.72. The average Bonchev–Trinajstić information content (AvgIpc) is 2.50. The first-order chi connectivity index (χ1) is 10.1. The molecule has 0 amide bonds. The molecule has 3 nitrogen and oxygen atoms in total. The molecule has 4 heteroatoms. The Labute approximate surface area is 134 Å². The van der Waals surface area contributed by atoms with Gasteiger partial charge in [0.05, 0.1) is 5.02 Å². The fraction of sp³-hybridized carbons (Fsp3) is 0.647. The van der Waals surface area contributed by atoms with Crippen LogP contribution in [0.2, 0.25) is 5.02 Å². The maximum absolute atomic E-state index is 6.32. The fourth-order valence-electron chi connectivity index (χ4n) is 2.21. The van der Waals surface area contributed by atoms with Gasteiger partial charge < -0.3 is 15.0 Å². The van der Waals surface area contributed by atoms with Gasteiger partial charge in [0, 0.05) is 12.6 Å². The second-order valence-electron chi connectivity index (χ2n) is 5.24. The summed E-state index contributed by atoms with van der Waals surface area (Å²) in [5, 5.41) is 4.15. The molecule has 1 N–H and O–H groups in total. The number of nitrogens with zero attached hydrogens (tertiary/aromatic N) is 1. The average molecular weight is 313 g/mol. The third kappa shape index (κ3) is 6.25. The van der Waals surface area contributed by atoms with Gasteiger partial charge in [-0.15, -0.1) is 0 Å². The Morgan fingerprint density at radius 2 is 1.95 bits per heavy atom. The highest BCUT2D eigenvalue weighted by atomic mass is 35.5. The van der Waals surface area contributed by atoms with E-state index >= 15 is 0 Å². The molecule has 1 unspecified atom stereocenters. The van der Waals surface area contributed by atoms with Crippen molar-refractivity contribution in [2.24, 2.45) is 0 Å². The predicted octanol–water partition coefficient (Wildman–Crippen LogP) is 4.12. The Morgan fingerprint density at radius 1 is 1.24 bits per heavy atom. The monoisotopic (exact) mass is 312 g/mol. The molecule has 0 saturated heterocycles. The number of likely N-dealkylation sites (N-methyl/N-ethyl adjacent to an activating group) is 1. The molecule has 21 heavy (non-hydrogen) atoms. The first-order valence-electron chi connectivity index (χ1n) is 8.00. The van der Waals surface area contributed by atoms with E-state index in [0.29, 0.717) is 17.7 Å². The van der Waals surface area contributed by atoms with Gasteiger partial charge in [0.1, 0.15) is 12.4 Å². The fourth-order valence-corrected chi connectivity index (χ4v) is 2.45. The van der Waals surface area contributed by atoms with E-state index in [1.165, 1.54) is 5.56 Å². The lowest BCUT2D eigenvalue weighted by Crippen LogP contribution is -2.27. The van der Waals surface area contributed by atoms with Crippen LogP contribution in [0.1, 0.15) is 45.7 Å². The van der Waals surface area contributed by atoms with Crippen LogP contribution in [-0.4, -0.2) is 37.7 Å². The van der Waals surface area contributed by atoms with Crippen LogP contribution in [0.4, 0.5) is 0 Å². The molecule has 0 fully saturated rings. The summed E-state index contributed by atoms with van der Waals surface area (Å²) in [6.07, 6.45) is 1.13. The molecule has 0 radical (unpaired) electrons. The summed E-state index contributed by atoms with van der Waals surface area (Å²) >= 11 is 6.32. The topological polar surface area (TPSA) is 24.5 Å². The van der Waals surface area contributed by atoms with Gasteiger partial charge in [-0.05, 0) is 50.7 Å². The van der Waals surface area contributed by atoms with Crippen LogP contribution in [0.25, 0.3) is 0 Å². The van der Waals surface area contributed by atoms with Crippen LogP contribution >= 0.6 is 11.6 Å². The number of hydrogen-bond acceptors (Lipinski definition) is 3. The molecule has 1 atom stereocenters. The molecule has 1 rings (SSSR count). The molecular formula is C17H29ClN2O. The summed E-state index contributed by atoms with van der Waals surface area (Å²) in [5.41, 5.74) is 1.20. The second-order valence-corrected chi connectivity index (χ2v) is 5.65. The number of halogens is 1. The molecule has 0 aliphatic carbocycles. The highest BCUT2D eigenvalue weighted by molar-refractivity contribution is 6.32. The van der Waals surface area contributed by atoms with Crippen LogP contribution in [-0.2, 0) is 0 Å². The Kier molecular flexibility index (Phi) is 8.74. The summed E-state index contributed by atoms with van der Waals surface area (Å²) < 4.78 is 5.79. The molecule has 0 heterocycles. The van der Waals surface area contributed by atoms with E-state index in [0.717, 1.165) is 38.3 Å². The van der Waals surface area contributed by atoms with E-state index in [9.17, 15) is 0 Å². The largest absolute Gasteiger partial charge is 0.491 e. The molecule has 0 aromatic heterocycles. The van der Waals surface area contributed by atoms with Crippen molar-refractivity contribution in [3.8, 4) is 5.75 Å². The van der Waals surface area contributed by atoms with Crippen LogP contribution in [0.15, 0.2) is 18.2 Å². The van der Waals surface area contributed by atoms with Gasteiger partial charge >= 0.3 is 0 Å². The van der Waals surface area contributed by atoms with E-state index in [2.05, 4.69) is 44.0 Å². The molecular weight excluding hydrogens is 284 g/mol. The highest BCUT2D eigenvalue weighted by Crippen LogP contribution is 2.27. The SMILES string of the molecule is CCCNC(C)c1ccc(OCCN(CC)CC)c(Cl)c1. The predicted molar refractivity (Wildman–Crippen MR) is 91.4 cm³/mol. The third-order valence-corrected chi connectivity index (χ3v) is 4.01. The minimum absolute atomic E-state index is 0.312. The van der Waals surface area contributed by atoms with Crippen LogP contribution in [0.3, 0.4) is 0 Å². The van der Waals surface area contributed by atoms with Gasteiger partial charge in [-0.25, -0.2) is 0 Å². The maximum atomic E-state index is 6.32. The van der Waals surface area contributed by atoms with Crippen molar-refractivity contribution in [2.75, 3.05) is 32.8 Å². The van der Waals surface area contributed by atoms with Crippen molar-refractivity contribution in [1.82, 2.24) is 10.2 Å². The lowest BCUT2D eigenvalue weighted by atomic mass is 10.1. The number of ether oxygens (including phenoxy) is 1. The minimum atomic E-state index is 0.312. The molecule has 0 aliphatic rings. The van der Waals surface area contributed by atoms with Gasteiger partial charge in [0.25, 0.3) is 0 Å². The van der Waals surface area contributed by atoms with Gasteiger partial charge in [-0.2, -0.15) is 0 Å². The van der Waals surface area contributed by atoms with E-state index in [1.54, 1.807) is 0 Å². The molecule has 1 aromatic carbocycles. The van der Waals surface area contributed by atoms with Gasteiger partial charge in [0.2, 0.25) is 0 Å². The Bertz CT molecular complexity index is 408. The van der Waals surface area contributed by atoms with E-state index in [1.807, 2.05) is 12.1 Å². The zero-order valence-corrected chi connectivity index (χ0v) is 14.5. The quantitative estimate of drug-likeness (QED) is 0.703. The van der Waals surface area contributed by atoms with Crippen molar-refractivity contribution in [1.29, 1.82) is 0 Å². The van der Waals surface area contributed by atoms with E-state index in [4.69, 9.17) is 16.3 Å². The molecule has 120 valence electrons. The summed E-state index contributed by atoms with van der Waals surface area (Å²) in [6, 6.07) is 6.38. The summed E-state index contributed by atoms with van der Waals surface area (Å²) in [5.74, 6) is 0.773. The Balaban J connectivity index is 2.53. The highest BCUT2D eigenvalue weighted by Gasteiger charge is 2.09. The molecule has 0 bridgehead atoms. The molecule has 0 saturated carbocycles. The van der Waals surface area contributed by atoms with Crippen LogP contribution in [0.5, 0.6) is 5.75 Å². The number of hydrogen-bond donors (Lipinski definition) is 1. The normalized spacial score (nSPS) is 12.7. The van der Waals surface area contributed by atoms with Crippen molar-refractivity contribution >= 4 is 11.6 Å². The molecule has 0 aliphatic heterocycles. The van der Waals surface area contributed by atoms with Crippen molar-refractivity contribution in [3.63, 3.8) is 0 Å². The van der Waals surface area contributed by atoms with Crippen molar-refractivity contribution < 1.29 is 4.74 Å². The lowest BCUT2D eigenvalue weighted by Gasteiger charge is -2.19. The smallest absolute Gasteiger partial charge is 0.137 e. The van der Waals surface area contributed by atoms with Crippen LogP contribution in [0, 0.1) is 0 Å². The standard InChI is InChI=1S/C17H29ClN2O/c1-5-10-19-14(4)15-8-9-17(16(18)13-15)21-12-11-20(6-2)7-3/h8-9,13-14,19H,5-7,10-12H2,1-4H3. The second kappa shape index (κ2) is 10.0. The van der Waals surface area contributed by atoms with Crippen molar-refractivity contribution in [3.05, 3.63) is 28.8 Å². The zero-order chi connectivity index (χ0) is 15.7. The Morgan fingerprint density at radius 3 is 2.52 bits per heavy atom. The minimum Gasteiger partial charge on any atom is -0.491 e. The molecule has 1 aromatic rings. The molecule has 0 spiro atoms. The van der Waals surface area contributed by atoms with E-state index in [-0.39, 0.29) is 0 Å². The Hall–Kier alpha value is -0.770.